The van der Waals surface area contributed by atoms with Gasteiger partial charge in [0.1, 0.15) is 0 Å². The molecule has 4 heteroatoms. The van der Waals surface area contributed by atoms with Gasteiger partial charge in [0.05, 0.1) is 5.75 Å². The zero-order chi connectivity index (χ0) is 9.84. The van der Waals surface area contributed by atoms with Crippen LogP contribution < -0.4 is 5.73 Å². The van der Waals surface area contributed by atoms with E-state index in [1.807, 2.05) is 13.0 Å². The summed E-state index contributed by atoms with van der Waals surface area (Å²) in [5.74, 6) is 1.17. The molecule has 0 aliphatic carbocycles. The Morgan fingerprint density at radius 2 is 2.23 bits per heavy atom. The molecule has 0 saturated heterocycles. The fourth-order valence-corrected chi connectivity index (χ4v) is 1.97. The van der Waals surface area contributed by atoms with Crippen molar-refractivity contribution in [1.29, 1.82) is 0 Å². The first kappa shape index (κ1) is 10.5. The van der Waals surface area contributed by atoms with Gasteiger partial charge in [-0.25, -0.2) is 0 Å². The normalized spacial score (nSPS) is 12.8. The van der Waals surface area contributed by atoms with E-state index in [0.717, 1.165) is 5.56 Å². The summed E-state index contributed by atoms with van der Waals surface area (Å²) in [6, 6.07) is 5.27. The summed E-state index contributed by atoms with van der Waals surface area (Å²) >= 11 is 5.73. The van der Waals surface area contributed by atoms with E-state index in [0.29, 0.717) is 22.2 Å². The van der Waals surface area contributed by atoms with Crippen molar-refractivity contribution in [2.75, 3.05) is 11.5 Å². The lowest BCUT2D eigenvalue weighted by atomic mass is 10.2. The number of rotatable bonds is 3. The first-order valence-corrected chi connectivity index (χ1v) is 5.89. The van der Waals surface area contributed by atoms with Crippen molar-refractivity contribution >= 4 is 28.1 Å². The highest BCUT2D eigenvalue weighted by atomic mass is 35.5. The maximum absolute atomic E-state index is 11.2. The van der Waals surface area contributed by atoms with Crippen molar-refractivity contribution in [2.24, 2.45) is 0 Å². The lowest BCUT2D eigenvalue weighted by molar-refractivity contribution is 0.683. The van der Waals surface area contributed by atoms with Crippen LogP contribution in [-0.4, -0.2) is 9.96 Å². The fourth-order valence-electron chi connectivity index (χ4n) is 0.973. The van der Waals surface area contributed by atoms with Gasteiger partial charge in [-0.1, -0.05) is 24.6 Å². The molecule has 1 aromatic rings. The molecule has 2 N–H and O–H groups in total. The van der Waals surface area contributed by atoms with Gasteiger partial charge < -0.3 is 5.73 Å². The topological polar surface area (TPSA) is 43.1 Å². The SMILES string of the molecule is CCS(=O)Cc1ccc(Cl)cc1N. The monoisotopic (exact) mass is 217 g/mol. The molecule has 0 bridgehead atoms. The molecule has 0 spiro atoms. The van der Waals surface area contributed by atoms with Crippen LogP contribution >= 0.6 is 11.6 Å². The highest BCUT2D eigenvalue weighted by Gasteiger charge is 2.03. The van der Waals surface area contributed by atoms with Crippen LogP contribution in [0, 0.1) is 0 Å². The number of hydrogen-bond acceptors (Lipinski definition) is 2. The molecule has 1 aromatic carbocycles. The highest BCUT2D eigenvalue weighted by molar-refractivity contribution is 7.84. The van der Waals surface area contributed by atoms with E-state index in [1.165, 1.54) is 0 Å². The Morgan fingerprint density at radius 3 is 2.77 bits per heavy atom. The second kappa shape index (κ2) is 4.63. The maximum Gasteiger partial charge on any atom is 0.0505 e. The third-order valence-corrected chi connectivity index (χ3v) is 3.26. The molecule has 13 heavy (non-hydrogen) atoms. The van der Waals surface area contributed by atoms with Crippen molar-refractivity contribution in [3.63, 3.8) is 0 Å². The Kier molecular flexibility index (Phi) is 3.75. The molecule has 1 unspecified atom stereocenters. The molecular formula is C9H12ClNOS. The molecule has 1 atom stereocenters. The minimum absolute atomic E-state index is 0.513. The van der Waals surface area contributed by atoms with Gasteiger partial charge >= 0.3 is 0 Å². The first-order chi connectivity index (χ1) is 6.13. The van der Waals surface area contributed by atoms with Crippen molar-refractivity contribution in [2.45, 2.75) is 12.7 Å². The Labute approximate surface area is 85.5 Å². The molecule has 0 heterocycles. The number of halogens is 1. The average Bonchev–Trinajstić information content (AvgIpc) is 2.09. The molecule has 72 valence electrons. The Morgan fingerprint density at radius 1 is 1.54 bits per heavy atom. The van der Waals surface area contributed by atoms with Crippen molar-refractivity contribution in [1.82, 2.24) is 0 Å². The molecule has 0 saturated carbocycles. The molecule has 0 fully saturated rings. The Bertz CT molecular complexity index is 327. The van der Waals surface area contributed by atoms with E-state index in [-0.39, 0.29) is 0 Å². The van der Waals surface area contributed by atoms with Crippen LogP contribution in [0.2, 0.25) is 5.02 Å². The molecule has 0 radical (unpaired) electrons. The number of nitrogens with two attached hydrogens (primary N) is 1. The minimum Gasteiger partial charge on any atom is -0.398 e. The third kappa shape index (κ3) is 3.01. The summed E-state index contributed by atoms with van der Waals surface area (Å²) in [6.07, 6.45) is 0. The van der Waals surface area contributed by atoms with Crippen molar-refractivity contribution in [3.8, 4) is 0 Å². The average molecular weight is 218 g/mol. The summed E-state index contributed by atoms with van der Waals surface area (Å²) in [4.78, 5) is 0. The van der Waals surface area contributed by atoms with Crippen LogP contribution in [0.3, 0.4) is 0 Å². The summed E-state index contributed by atoms with van der Waals surface area (Å²) in [5.41, 5.74) is 7.23. The molecule has 0 amide bonds. The smallest absolute Gasteiger partial charge is 0.0505 e. The number of nitrogen functional groups attached to an aromatic ring is 1. The van der Waals surface area contributed by atoms with E-state index >= 15 is 0 Å². The van der Waals surface area contributed by atoms with Gasteiger partial charge in [0.2, 0.25) is 0 Å². The molecule has 0 aliphatic heterocycles. The number of hydrogen-bond donors (Lipinski definition) is 1. The molecule has 2 nitrogen and oxygen atoms in total. The summed E-state index contributed by atoms with van der Waals surface area (Å²) < 4.78 is 11.2. The Balaban J connectivity index is 2.83. The molecule has 0 aromatic heterocycles. The predicted molar refractivity (Wildman–Crippen MR) is 58.3 cm³/mol. The zero-order valence-corrected chi connectivity index (χ0v) is 8.99. The molecular weight excluding hydrogens is 206 g/mol. The van der Waals surface area contributed by atoms with Crippen LogP contribution in [0.4, 0.5) is 5.69 Å². The van der Waals surface area contributed by atoms with Crippen molar-refractivity contribution < 1.29 is 4.21 Å². The van der Waals surface area contributed by atoms with E-state index in [4.69, 9.17) is 17.3 Å². The van der Waals surface area contributed by atoms with Gasteiger partial charge in [-0.2, -0.15) is 0 Å². The van der Waals surface area contributed by atoms with Gasteiger partial charge in [0.15, 0.2) is 0 Å². The lowest BCUT2D eigenvalue weighted by Crippen LogP contribution is -2.01. The van der Waals surface area contributed by atoms with E-state index in [2.05, 4.69) is 0 Å². The number of anilines is 1. The number of benzene rings is 1. The van der Waals surface area contributed by atoms with Gasteiger partial charge in [-0.3, -0.25) is 4.21 Å². The zero-order valence-electron chi connectivity index (χ0n) is 7.42. The van der Waals surface area contributed by atoms with Gasteiger partial charge in [0, 0.05) is 27.3 Å². The fraction of sp³-hybridized carbons (Fsp3) is 0.333. The first-order valence-electron chi connectivity index (χ1n) is 4.02. The second-order valence-electron chi connectivity index (χ2n) is 2.72. The maximum atomic E-state index is 11.2. The third-order valence-electron chi connectivity index (χ3n) is 1.75. The standard InChI is InChI=1S/C9H12ClNOS/c1-2-13(12)6-7-3-4-8(10)5-9(7)11/h3-5H,2,6,11H2,1H3. The van der Waals surface area contributed by atoms with Gasteiger partial charge in [-0.15, -0.1) is 0 Å². The van der Waals surface area contributed by atoms with Crippen LogP contribution in [0.25, 0.3) is 0 Å². The summed E-state index contributed by atoms with van der Waals surface area (Å²) in [5, 5.41) is 0.614. The summed E-state index contributed by atoms with van der Waals surface area (Å²) in [7, 11) is -0.818. The van der Waals surface area contributed by atoms with Crippen LogP contribution in [-0.2, 0) is 16.6 Å². The largest absolute Gasteiger partial charge is 0.398 e. The van der Waals surface area contributed by atoms with Gasteiger partial charge in [0.25, 0.3) is 0 Å². The second-order valence-corrected chi connectivity index (χ2v) is 4.90. The highest BCUT2D eigenvalue weighted by Crippen LogP contribution is 2.19. The molecule has 0 aliphatic rings. The quantitative estimate of drug-likeness (QED) is 0.789. The van der Waals surface area contributed by atoms with E-state index < -0.39 is 10.8 Å². The Hall–Kier alpha value is -0.540. The predicted octanol–water partition coefficient (Wildman–Crippen LogP) is 2.19. The summed E-state index contributed by atoms with van der Waals surface area (Å²) in [6.45, 7) is 1.89. The lowest BCUT2D eigenvalue weighted by Gasteiger charge is -2.04. The van der Waals surface area contributed by atoms with Gasteiger partial charge in [-0.05, 0) is 17.7 Å². The minimum atomic E-state index is -0.818. The van der Waals surface area contributed by atoms with Crippen molar-refractivity contribution in [3.05, 3.63) is 28.8 Å². The van der Waals surface area contributed by atoms with E-state index in [9.17, 15) is 4.21 Å². The van der Waals surface area contributed by atoms with Crippen LogP contribution in [0.5, 0.6) is 0 Å². The molecule has 1 rings (SSSR count). The van der Waals surface area contributed by atoms with Crippen LogP contribution in [0.15, 0.2) is 18.2 Å². The van der Waals surface area contributed by atoms with Crippen LogP contribution in [0.1, 0.15) is 12.5 Å². The van der Waals surface area contributed by atoms with E-state index in [1.54, 1.807) is 12.1 Å².